The van der Waals surface area contributed by atoms with Crippen LogP contribution in [0.4, 0.5) is 0 Å². The largest absolute Gasteiger partial charge is 0.481 e. The fraction of sp³-hybridized carbons (Fsp3) is 0.600. The van der Waals surface area contributed by atoms with Crippen LogP contribution in [0.1, 0.15) is 35.0 Å². The number of carbonyl (C=O) groups excluding carboxylic acids is 1. The molecular formula is C15H21N3O3. The molecule has 3 rings (SSSR count). The number of ether oxygens (including phenoxy) is 2. The lowest BCUT2D eigenvalue weighted by Crippen LogP contribution is -2.29. The van der Waals surface area contributed by atoms with Crippen LogP contribution < -0.4 is 10.1 Å². The summed E-state index contributed by atoms with van der Waals surface area (Å²) in [7, 11) is 1.62. The lowest BCUT2D eigenvalue weighted by Gasteiger charge is -2.13. The van der Waals surface area contributed by atoms with E-state index in [2.05, 4.69) is 10.3 Å². The van der Waals surface area contributed by atoms with Crippen molar-refractivity contribution in [1.29, 1.82) is 0 Å². The van der Waals surface area contributed by atoms with E-state index in [4.69, 9.17) is 9.47 Å². The van der Waals surface area contributed by atoms with Crippen molar-refractivity contribution in [2.24, 2.45) is 0 Å². The summed E-state index contributed by atoms with van der Waals surface area (Å²) in [5, 5.41) is 3.43. The molecule has 0 aliphatic carbocycles. The first kappa shape index (κ1) is 14.3. The van der Waals surface area contributed by atoms with E-state index in [0.717, 1.165) is 30.9 Å². The summed E-state index contributed by atoms with van der Waals surface area (Å²) in [6, 6.07) is 2.29. The first-order valence-corrected chi connectivity index (χ1v) is 7.40. The fourth-order valence-electron chi connectivity index (χ4n) is 2.81. The zero-order valence-corrected chi connectivity index (χ0v) is 12.5. The second-order valence-corrected chi connectivity index (χ2v) is 5.41. The number of fused-ring (bicyclic) bond motifs is 1. The number of hydrogen-bond donors (Lipinski definition) is 1. The zero-order chi connectivity index (χ0) is 14.8. The fourth-order valence-corrected chi connectivity index (χ4v) is 2.81. The molecule has 1 saturated heterocycles. The molecule has 3 heterocycles. The molecule has 1 amide bonds. The van der Waals surface area contributed by atoms with Crippen molar-refractivity contribution in [3.8, 4) is 5.88 Å². The second kappa shape index (κ2) is 5.99. The van der Waals surface area contributed by atoms with Gasteiger partial charge >= 0.3 is 0 Å². The van der Waals surface area contributed by atoms with E-state index >= 15 is 0 Å². The Labute approximate surface area is 124 Å². The van der Waals surface area contributed by atoms with Crippen molar-refractivity contribution < 1.29 is 14.3 Å². The Morgan fingerprint density at radius 3 is 3.10 bits per heavy atom. The van der Waals surface area contributed by atoms with Crippen LogP contribution in [0.3, 0.4) is 0 Å². The molecule has 1 aromatic heterocycles. The molecular weight excluding hydrogens is 270 g/mol. The summed E-state index contributed by atoms with van der Waals surface area (Å²) in [5.41, 5.74) is 2.44. The molecule has 2 aliphatic rings. The van der Waals surface area contributed by atoms with Crippen LogP contribution in [0.5, 0.6) is 5.88 Å². The molecule has 6 heteroatoms. The minimum absolute atomic E-state index is 0.0631. The van der Waals surface area contributed by atoms with Crippen LogP contribution in [0.2, 0.25) is 0 Å². The molecule has 0 aromatic carbocycles. The van der Waals surface area contributed by atoms with Gasteiger partial charge in [-0.15, -0.1) is 0 Å². The van der Waals surface area contributed by atoms with Gasteiger partial charge in [-0.05, 0) is 19.4 Å². The minimum atomic E-state index is 0.0631. The number of methoxy groups -OCH3 is 1. The maximum atomic E-state index is 12.2. The second-order valence-electron chi connectivity index (χ2n) is 5.41. The van der Waals surface area contributed by atoms with Gasteiger partial charge in [-0.25, -0.2) is 4.98 Å². The smallest absolute Gasteiger partial charge is 0.256 e. The summed E-state index contributed by atoms with van der Waals surface area (Å²) >= 11 is 0. The standard InChI is InChI=1S/C15H21N3O3/c1-3-18-8-13-12(15(18)19)6-10(14(17-13)20-2)7-16-11-4-5-21-9-11/h6,11,16H,3-5,7-9H2,1-2H3. The molecule has 1 fully saturated rings. The highest BCUT2D eigenvalue weighted by molar-refractivity contribution is 5.98. The Morgan fingerprint density at radius 1 is 1.57 bits per heavy atom. The maximum absolute atomic E-state index is 12.2. The van der Waals surface area contributed by atoms with E-state index < -0.39 is 0 Å². The normalized spacial score (nSPS) is 21.0. The Kier molecular flexibility index (Phi) is 4.07. The topological polar surface area (TPSA) is 63.7 Å². The quantitative estimate of drug-likeness (QED) is 0.875. The van der Waals surface area contributed by atoms with E-state index in [-0.39, 0.29) is 5.91 Å². The average molecular weight is 291 g/mol. The SMILES string of the molecule is CCN1Cc2nc(OC)c(CNC3CCOC3)cc2C1=O. The molecule has 0 bridgehead atoms. The molecule has 21 heavy (non-hydrogen) atoms. The first-order chi connectivity index (χ1) is 10.2. The number of hydrogen-bond acceptors (Lipinski definition) is 5. The van der Waals surface area contributed by atoms with Gasteiger partial charge in [0.05, 0.1) is 31.5 Å². The minimum Gasteiger partial charge on any atom is -0.481 e. The molecule has 114 valence electrons. The number of amides is 1. The molecule has 1 atom stereocenters. The first-order valence-electron chi connectivity index (χ1n) is 7.40. The van der Waals surface area contributed by atoms with E-state index in [1.807, 2.05) is 13.0 Å². The predicted molar refractivity (Wildman–Crippen MR) is 77.3 cm³/mol. The Morgan fingerprint density at radius 2 is 2.43 bits per heavy atom. The molecule has 2 aliphatic heterocycles. The highest BCUT2D eigenvalue weighted by atomic mass is 16.5. The number of rotatable bonds is 5. The summed E-state index contributed by atoms with van der Waals surface area (Å²) in [4.78, 5) is 18.5. The molecule has 1 N–H and O–H groups in total. The lowest BCUT2D eigenvalue weighted by molar-refractivity contribution is 0.0786. The third-order valence-corrected chi connectivity index (χ3v) is 4.08. The number of carbonyl (C=O) groups is 1. The summed E-state index contributed by atoms with van der Waals surface area (Å²) < 4.78 is 10.7. The van der Waals surface area contributed by atoms with E-state index in [1.54, 1.807) is 12.0 Å². The lowest BCUT2D eigenvalue weighted by atomic mass is 10.1. The maximum Gasteiger partial charge on any atom is 0.256 e. The van der Waals surface area contributed by atoms with Gasteiger partial charge < -0.3 is 19.7 Å². The van der Waals surface area contributed by atoms with Gasteiger partial charge in [-0.3, -0.25) is 4.79 Å². The van der Waals surface area contributed by atoms with Gasteiger partial charge in [0.15, 0.2) is 0 Å². The monoisotopic (exact) mass is 291 g/mol. The van der Waals surface area contributed by atoms with Crippen LogP contribution in [-0.4, -0.2) is 48.7 Å². The van der Waals surface area contributed by atoms with Gasteiger partial charge in [0.1, 0.15) is 0 Å². The number of nitrogens with one attached hydrogen (secondary N) is 1. The van der Waals surface area contributed by atoms with Gasteiger partial charge in [-0.2, -0.15) is 0 Å². The van der Waals surface area contributed by atoms with Crippen LogP contribution in [0.15, 0.2) is 6.07 Å². The average Bonchev–Trinajstić information content (AvgIpc) is 3.12. The van der Waals surface area contributed by atoms with Crippen LogP contribution in [0.25, 0.3) is 0 Å². The van der Waals surface area contributed by atoms with E-state index in [0.29, 0.717) is 37.1 Å². The summed E-state index contributed by atoms with van der Waals surface area (Å²) in [5.74, 6) is 0.666. The molecule has 0 saturated carbocycles. The van der Waals surface area contributed by atoms with Gasteiger partial charge in [0.2, 0.25) is 5.88 Å². The third kappa shape index (κ3) is 2.73. The van der Waals surface area contributed by atoms with Crippen LogP contribution >= 0.6 is 0 Å². The van der Waals surface area contributed by atoms with Gasteiger partial charge in [-0.1, -0.05) is 0 Å². The summed E-state index contributed by atoms with van der Waals surface area (Å²) in [6.45, 7) is 5.43. The molecule has 6 nitrogen and oxygen atoms in total. The highest BCUT2D eigenvalue weighted by Gasteiger charge is 2.29. The van der Waals surface area contributed by atoms with Gasteiger partial charge in [0.25, 0.3) is 5.91 Å². The zero-order valence-electron chi connectivity index (χ0n) is 12.5. The molecule has 1 aromatic rings. The summed E-state index contributed by atoms with van der Waals surface area (Å²) in [6.07, 6.45) is 1.02. The Balaban J connectivity index is 1.80. The van der Waals surface area contributed by atoms with E-state index in [9.17, 15) is 4.79 Å². The van der Waals surface area contributed by atoms with E-state index in [1.165, 1.54) is 0 Å². The third-order valence-electron chi connectivity index (χ3n) is 4.08. The Hall–Kier alpha value is -1.66. The van der Waals surface area contributed by atoms with Crippen molar-refractivity contribution in [3.05, 3.63) is 22.9 Å². The van der Waals surface area contributed by atoms with Crippen LogP contribution in [-0.2, 0) is 17.8 Å². The number of aromatic nitrogens is 1. The molecule has 0 radical (unpaired) electrons. The van der Waals surface area contributed by atoms with Gasteiger partial charge in [0, 0.05) is 31.3 Å². The number of nitrogens with zero attached hydrogens (tertiary/aromatic N) is 2. The van der Waals surface area contributed by atoms with Crippen molar-refractivity contribution in [2.45, 2.75) is 32.5 Å². The Bertz CT molecular complexity index is 541. The molecule has 1 unspecified atom stereocenters. The van der Waals surface area contributed by atoms with Crippen LogP contribution in [0, 0.1) is 0 Å². The predicted octanol–water partition coefficient (Wildman–Crippen LogP) is 0.944. The molecule has 0 spiro atoms. The van der Waals surface area contributed by atoms with Crippen molar-refractivity contribution in [3.63, 3.8) is 0 Å². The number of pyridine rings is 1. The van der Waals surface area contributed by atoms with Crippen molar-refractivity contribution in [1.82, 2.24) is 15.2 Å². The van der Waals surface area contributed by atoms with Crippen molar-refractivity contribution in [2.75, 3.05) is 26.9 Å². The van der Waals surface area contributed by atoms with Crippen molar-refractivity contribution >= 4 is 5.91 Å². The highest BCUT2D eigenvalue weighted by Crippen LogP contribution is 2.27.